The van der Waals surface area contributed by atoms with Crippen molar-refractivity contribution in [2.75, 3.05) is 39.9 Å². The van der Waals surface area contributed by atoms with Gasteiger partial charge < -0.3 is 15.0 Å². The zero-order chi connectivity index (χ0) is 16.6. The van der Waals surface area contributed by atoms with Gasteiger partial charge in [-0.3, -0.25) is 4.99 Å². The molecule has 0 saturated heterocycles. The van der Waals surface area contributed by atoms with Crippen LogP contribution in [0.1, 0.15) is 24.8 Å². The molecule has 2 heterocycles. The van der Waals surface area contributed by atoms with E-state index >= 15 is 0 Å². The third-order valence-corrected chi connectivity index (χ3v) is 4.65. The molecule has 1 N–H and O–H groups in total. The highest BCUT2D eigenvalue weighted by atomic mass is 16.5. The summed E-state index contributed by atoms with van der Waals surface area (Å²) >= 11 is 0. The van der Waals surface area contributed by atoms with E-state index in [0.29, 0.717) is 0 Å². The van der Waals surface area contributed by atoms with Crippen molar-refractivity contribution in [1.29, 1.82) is 0 Å². The molecule has 0 atom stereocenters. The summed E-state index contributed by atoms with van der Waals surface area (Å²) in [6, 6.07) is 10.7. The van der Waals surface area contributed by atoms with Crippen LogP contribution in [0.15, 0.2) is 53.0 Å². The molecule has 1 aromatic rings. The number of hydrogen-bond donors (Lipinski definition) is 1. The van der Waals surface area contributed by atoms with Crippen molar-refractivity contribution in [3.05, 3.63) is 53.6 Å². The molecule has 0 saturated carbocycles. The van der Waals surface area contributed by atoms with Gasteiger partial charge in [0, 0.05) is 26.7 Å². The first-order chi connectivity index (χ1) is 11.9. The van der Waals surface area contributed by atoms with Gasteiger partial charge in [-0.1, -0.05) is 48.1 Å². The van der Waals surface area contributed by atoms with Crippen LogP contribution in [0.4, 0.5) is 0 Å². The van der Waals surface area contributed by atoms with Crippen LogP contribution in [0.3, 0.4) is 0 Å². The standard InChI is InChI=1S/C20H27N3O/c1-21-20(22-12-7-17-10-15-24-16-11-17)23-13-8-19(9-14-23)18-5-3-2-4-6-18/h2-6,8,10H,7,9,11-16H2,1H3,(H,21,22). The molecular formula is C20H27N3O. The molecule has 128 valence electrons. The van der Waals surface area contributed by atoms with Crippen molar-refractivity contribution >= 4 is 11.5 Å². The monoisotopic (exact) mass is 325 g/mol. The number of hydrogen-bond acceptors (Lipinski definition) is 2. The van der Waals surface area contributed by atoms with E-state index in [2.05, 4.69) is 57.7 Å². The SMILES string of the molecule is CN=C(NCCC1=CCOCC1)N1CC=C(c2ccccc2)CC1. The summed E-state index contributed by atoms with van der Waals surface area (Å²) in [5, 5.41) is 3.51. The molecular weight excluding hydrogens is 298 g/mol. The maximum atomic E-state index is 5.35. The summed E-state index contributed by atoms with van der Waals surface area (Å²) in [5.41, 5.74) is 4.27. The lowest BCUT2D eigenvalue weighted by Gasteiger charge is -2.30. The topological polar surface area (TPSA) is 36.9 Å². The fraction of sp³-hybridized carbons (Fsp3) is 0.450. The van der Waals surface area contributed by atoms with E-state index in [1.807, 2.05) is 7.05 Å². The van der Waals surface area contributed by atoms with Gasteiger partial charge in [0.1, 0.15) is 0 Å². The van der Waals surface area contributed by atoms with Crippen molar-refractivity contribution in [1.82, 2.24) is 10.2 Å². The van der Waals surface area contributed by atoms with Crippen molar-refractivity contribution < 1.29 is 4.74 Å². The van der Waals surface area contributed by atoms with Crippen molar-refractivity contribution in [2.24, 2.45) is 4.99 Å². The van der Waals surface area contributed by atoms with Crippen LogP contribution in [0.25, 0.3) is 5.57 Å². The second-order valence-corrected chi connectivity index (χ2v) is 6.20. The van der Waals surface area contributed by atoms with Crippen LogP contribution in [0, 0.1) is 0 Å². The lowest BCUT2D eigenvalue weighted by atomic mass is 10.00. The Labute approximate surface area is 144 Å². The van der Waals surface area contributed by atoms with Crippen molar-refractivity contribution in [2.45, 2.75) is 19.3 Å². The molecule has 2 aliphatic rings. The molecule has 3 rings (SSSR count). The van der Waals surface area contributed by atoms with E-state index in [9.17, 15) is 0 Å². The minimum atomic E-state index is 0.767. The van der Waals surface area contributed by atoms with E-state index in [1.165, 1.54) is 16.7 Å². The minimum Gasteiger partial charge on any atom is -0.377 e. The van der Waals surface area contributed by atoms with E-state index in [0.717, 1.165) is 58.1 Å². The molecule has 4 heteroatoms. The molecule has 0 bridgehead atoms. The molecule has 0 spiro atoms. The highest BCUT2D eigenvalue weighted by Gasteiger charge is 2.16. The average Bonchev–Trinajstić information content (AvgIpc) is 2.67. The predicted molar refractivity (Wildman–Crippen MR) is 100 cm³/mol. The summed E-state index contributed by atoms with van der Waals surface area (Å²) < 4.78 is 5.35. The Morgan fingerprint density at radius 1 is 1.21 bits per heavy atom. The summed E-state index contributed by atoms with van der Waals surface area (Å²) in [7, 11) is 1.87. The third-order valence-electron chi connectivity index (χ3n) is 4.65. The second kappa shape index (κ2) is 8.69. The zero-order valence-corrected chi connectivity index (χ0v) is 14.5. The van der Waals surface area contributed by atoms with Gasteiger partial charge >= 0.3 is 0 Å². The first-order valence-corrected chi connectivity index (χ1v) is 8.82. The average molecular weight is 325 g/mol. The Hall–Kier alpha value is -2.07. The van der Waals surface area contributed by atoms with Crippen LogP contribution < -0.4 is 5.32 Å². The number of nitrogens with zero attached hydrogens (tertiary/aromatic N) is 2. The predicted octanol–water partition coefficient (Wildman–Crippen LogP) is 3.09. The highest BCUT2D eigenvalue weighted by molar-refractivity contribution is 5.81. The lowest BCUT2D eigenvalue weighted by Crippen LogP contribution is -2.43. The van der Waals surface area contributed by atoms with Gasteiger partial charge in [-0.05, 0) is 30.4 Å². The first-order valence-electron chi connectivity index (χ1n) is 8.82. The quantitative estimate of drug-likeness (QED) is 0.525. The van der Waals surface area contributed by atoms with E-state index in [1.54, 1.807) is 0 Å². The molecule has 24 heavy (non-hydrogen) atoms. The van der Waals surface area contributed by atoms with Crippen molar-refractivity contribution in [3.63, 3.8) is 0 Å². The normalized spacial score (nSPS) is 18.9. The Morgan fingerprint density at radius 2 is 2.08 bits per heavy atom. The molecule has 0 radical (unpaired) electrons. The largest absolute Gasteiger partial charge is 0.377 e. The molecule has 0 unspecified atom stereocenters. The maximum absolute atomic E-state index is 5.35. The Morgan fingerprint density at radius 3 is 2.75 bits per heavy atom. The molecule has 0 aliphatic carbocycles. The Kier molecular flexibility index (Phi) is 6.07. The molecule has 0 aromatic heterocycles. The highest BCUT2D eigenvalue weighted by Crippen LogP contribution is 2.22. The van der Waals surface area contributed by atoms with Gasteiger partial charge in [-0.15, -0.1) is 0 Å². The van der Waals surface area contributed by atoms with Gasteiger partial charge in [0.15, 0.2) is 5.96 Å². The smallest absolute Gasteiger partial charge is 0.193 e. The van der Waals surface area contributed by atoms with Crippen LogP contribution in [0.5, 0.6) is 0 Å². The minimum absolute atomic E-state index is 0.767. The van der Waals surface area contributed by atoms with Gasteiger partial charge in [0.05, 0.1) is 13.2 Å². The molecule has 2 aliphatic heterocycles. The summed E-state index contributed by atoms with van der Waals surface area (Å²) in [5.74, 6) is 1.01. The number of ether oxygens (including phenoxy) is 1. The fourth-order valence-electron chi connectivity index (χ4n) is 3.24. The van der Waals surface area contributed by atoms with Gasteiger partial charge in [0.25, 0.3) is 0 Å². The van der Waals surface area contributed by atoms with E-state index < -0.39 is 0 Å². The molecule has 0 fully saturated rings. The van der Waals surface area contributed by atoms with Gasteiger partial charge in [-0.25, -0.2) is 0 Å². The van der Waals surface area contributed by atoms with Gasteiger partial charge in [0.2, 0.25) is 0 Å². The summed E-state index contributed by atoms with van der Waals surface area (Å²) in [6.45, 7) is 4.49. The second-order valence-electron chi connectivity index (χ2n) is 6.20. The summed E-state index contributed by atoms with van der Waals surface area (Å²) in [6.07, 6.45) is 7.73. The van der Waals surface area contributed by atoms with E-state index in [4.69, 9.17) is 4.74 Å². The molecule has 4 nitrogen and oxygen atoms in total. The maximum Gasteiger partial charge on any atom is 0.193 e. The Balaban J connectivity index is 1.50. The molecule has 1 aromatic carbocycles. The Bertz CT molecular complexity index is 619. The number of guanidine groups is 1. The van der Waals surface area contributed by atoms with Gasteiger partial charge in [-0.2, -0.15) is 0 Å². The molecule has 0 amide bonds. The van der Waals surface area contributed by atoms with Crippen LogP contribution in [-0.2, 0) is 4.74 Å². The number of nitrogens with one attached hydrogen (secondary N) is 1. The third kappa shape index (κ3) is 4.48. The first kappa shape index (κ1) is 16.8. The van der Waals surface area contributed by atoms with Crippen LogP contribution in [0.2, 0.25) is 0 Å². The van der Waals surface area contributed by atoms with E-state index in [-0.39, 0.29) is 0 Å². The summed E-state index contributed by atoms with van der Waals surface area (Å²) in [4.78, 5) is 6.77. The fourth-order valence-corrected chi connectivity index (χ4v) is 3.24. The number of aliphatic imine (C=N–C) groups is 1. The number of rotatable bonds is 4. The van der Waals surface area contributed by atoms with Crippen LogP contribution >= 0.6 is 0 Å². The zero-order valence-electron chi connectivity index (χ0n) is 14.5. The van der Waals surface area contributed by atoms with Crippen molar-refractivity contribution in [3.8, 4) is 0 Å². The number of benzene rings is 1. The van der Waals surface area contributed by atoms with Crippen LogP contribution in [-0.4, -0.2) is 50.8 Å². The lowest BCUT2D eigenvalue weighted by molar-refractivity contribution is 0.153.